The van der Waals surface area contributed by atoms with Crippen LogP contribution in [0.3, 0.4) is 0 Å². The molecule has 2 aromatic carbocycles. The van der Waals surface area contributed by atoms with Gasteiger partial charge < -0.3 is 10.6 Å². The minimum atomic E-state index is 0. The van der Waals surface area contributed by atoms with Gasteiger partial charge in [0.1, 0.15) is 0 Å². The minimum Gasteiger partial charge on any atom is -0.326 e. The number of benzene rings is 2. The van der Waals surface area contributed by atoms with Crippen molar-refractivity contribution < 1.29 is 0 Å². The molecule has 2 nitrogen and oxygen atoms in total. The average Bonchev–Trinajstić information content (AvgIpc) is 2.41. The fourth-order valence-electron chi connectivity index (χ4n) is 1.56. The van der Waals surface area contributed by atoms with E-state index in [2.05, 4.69) is 43.3 Å². The Bertz CT molecular complexity index is 415. The van der Waals surface area contributed by atoms with Crippen LogP contribution in [0.1, 0.15) is 11.1 Å². The Morgan fingerprint density at radius 3 is 1.53 bits per heavy atom. The van der Waals surface area contributed by atoms with Gasteiger partial charge in [-0.1, -0.05) is 60.7 Å². The van der Waals surface area contributed by atoms with Gasteiger partial charge in [-0.05, 0) is 25.2 Å². The predicted molar refractivity (Wildman–Crippen MR) is 85.4 cm³/mol. The molecule has 2 aromatic rings. The van der Waals surface area contributed by atoms with Crippen molar-refractivity contribution in [1.29, 1.82) is 0 Å². The van der Waals surface area contributed by atoms with Gasteiger partial charge in [0.15, 0.2) is 0 Å². The molecule has 0 spiro atoms. The zero-order chi connectivity index (χ0) is 13.2. The molecule has 0 radical (unpaired) electrons. The number of hydrogen-bond donors (Lipinski definition) is 1. The summed E-state index contributed by atoms with van der Waals surface area (Å²) < 4.78 is 0. The molecule has 0 heterocycles. The summed E-state index contributed by atoms with van der Waals surface area (Å²) in [6.45, 7) is 1.67. The van der Waals surface area contributed by atoms with Crippen LogP contribution >= 0.6 is 12.4 Å². The molecule has 3 heteroatoms. The van der Waals surface area contributed by atoms with Crippen LogP contribution < -0.4 is 5.73 Å². The van der Waals surface area contributed by atoms with Crippen molar-refractivity contribution in [2.24, 2.45) is 5.73 Å². The fourth-order valence-corrected chi connectivity index (χ4v) is 1.56. The maximum atomic E-state index is 5.35. The van der Waals surface area contributed by atoms with Crippen molar-refractivity contribution >= 4 is 12.4 Å². The summed E-state index contributed by atoms with van der Waals surface area (Å²) in [5, 5.41) is 0. The fraction of sp³-hybridized carbons (Fsp3) is 0.250. The van der Waals surface area contributed by atoms with Crippen LogP contribution in [0.2, 0.25) is 0 Å². The van der Waals surface area contributed by atoms with Crippen LogP contribution in [0, 0.1) is 0 Å². The maximum absolute atomic E-state index is 5.35. The van der Waals surface area contributed by atoms with E-state index >= 15 is 0 Å². The summed E-state index contributed by atoms with van der Waals surface area (Å²) in [5.41, 5.74) is 7.91. The van der Waals surface area contributed by atoms with E-state index in [1.807, 2.05) is 36.4 Å². The van der Waals surface area contributed by atoms with Gasteiger partial charge in [0.05, 0.1) is 0 Å². The molecule has 104 valence electrons. The third-order valence-corrected chi connectivity index (χ3v) is 2.42. The zero-order valence-corrected chi connectivity index (χ0v) is 12.4. The van der Waals surface area contributed by atoms with E-state index in [0.717, 1.165) is 6.54 Å². The summed E-state index contributed by atoms with van der Waals surface area (Å²) in [5.74, 6) is 0. The van der Waals surface area contributed by atoms with E-state index in [0.29, 0.717) is 6.54 Å². The number of halogens is 1. The van der Waals surface area contributed by atoms with Crippen molar-refractivity contribution in [2.75, 3.05) is 14.1 Å². The van der Waals surface area contributed by atoms with Crippen LogP contribution in [-0.4, -0.2) is 19.0 Å². The van der Waals surface area contributed by atoms with E-state index in [1.54, 1.807) is 0 Å². The normalized spacial score (nSPS) is 9.26. The number of hydrogen-bond acceptors (Lipinski definition) is 2. The molecule has 0 aromatic heterocycles. The molecular weight excluding hydrogens is 256 g/mol. The predicted octanol–water partition coefficient (Wildman–Crippen LogP) is 3.32. The molecule has 0 amide bonds. The van der Waals surface area contributed by atoms with Gasteiger partial charge in [-0.2, -0.15) is 0 Å². The Hall–Kier alpha value is -1.35. The first kappa shape index (κ1) is 17.6. The lowest BCUT2D eigenvalue weighted by Gasteiger charge is -2.08. The second-order valence-corrected chi connectivity index (χ2v) is 4.41. The Morgan fingerprint density at radius 1 is 0.789 bits per heavy atom. The number of nitrogens with two attached hydrogens (primary N) is 1. The highest BCUT2D eigenvalue weighted by Gasteiger charge is 1.90. The smallest absolute Gasteiger partial charge is 0.0227 e. The number of rotatable bonds is 3. The summed E-state index contributed by atoms with van der Waals surface area (Å²) >= 11 is 0. The molecule has 0 aliphatic rings. The summed E-state index contributed by atoms with van der Waals surface area (Å²) in [7, 11) is 4.15. The summed E-state index contributed by atoms with van der Waals surface area (Å²) in [4.78, 5) is 2.16. The average molecular weight is 279 g/mol. The molecule has 0 fully saturated rings. The molecule has 0 saturated heterocycles. The van der Waals surface area contributed by atoms with Gasteiger partial charge in [-0.3, -0.25) is 0 Å². The lowest BCUT2D eigenvalue weighted by atomic mass is 10.2. The summed E-state index contributed by atoms with van der Waals surface area (Å²) in [6.07, 6.45) is 0. The molecule has 0 unspecified atom stereocenters. The Morgan fingerprint density at radius 2 is 1.21 bits per heavy atom. The molecule has 2 N–H and O–H groups in total. The van der Waals surface area contributed by atoms with Crippen molar-refractivity contribution in [1.82, 2.24) is 4.90 Å². The molecule has 2 rings (SSSR count). The molecule has 0 aliphatic heterocycles. The molecular formula is C16H23ClN2. The Balaban J connectivity index is 0.000000331. The molecule has 0 atom stereocenters. The first-order chi connectivity index (χ1) is 8.72. The van der Waals surface area contributed by atoms with Crippen LogP contribution in [0.15, 0.2) is 60.7 Å². The minimum absolute atomic E-state index is 0. The van der Waals surface area contributed by atoms with Gasteiger partial charge in [0, 0.05) is 13.1 Å². The van der Waals surface area contributed by atoms with E-state index in [9.17, 15) is 0 Å². The van der Waals surface area contributed by atoms with Gasteiger partial charge >= 0.3 is 0 Å². The van der Waals surface area contributed by atoms with Crippen LogP contribution in [0.4, 0.5) is 0 Å². The van der Waals surface area contributed by atoms with Crippen molar-refractivity contribution in [3.05, 3.63) is 71.8 Å². The molecule has 19 heavy (non-hydrogen) atoms. The standard InChI is InChI=1S/C9H13N.C7H9N.ClH/c1-10(2)8-9-6-4-3-5-7-9;8-6-7-4-2-1-3-5-7;/h3-7H,8H2,1-2H3;1-5H,6,8H2;1H. The largest absolute Gasteiger partial charge is 0.326 e. The van der Waals surface area contributed by atoms with Crippen LogP contribution in [-0.2, 0) is 13.1 Å². The van der Waals surface area contributed by atoms with E-state index in [-0.39, 0.29) is 12.4 Å². The quantitative estimate of drug-likeness (QED) is 0.933. The highest BCUT2D eigenvalue weighted by atomic mass is 35.5. The van der Waals surface area contributed by atoms with Crippen molar-refractivity contribution in [3.8, 4) is 0 Å². The lowest BCUT2D eigenvalue weighted by molar-refractivity contribution is 0.402. The lowest BCUT2D eigenvalue weighted by Crippen LogP contribution is -2.10. The van der Waals surface area contributed by atoms with Gasteiger partial charge in [0.2, 0.25) is 0 Å². The Labute approximate surface area is 122 Å². The van der Waals surface area contributed by atoms with Crippen molar-refractivity contribution in [2.45, 2.75) is 13.1 Å². The zero-order valence-electron chi connectivity index (χ0n) is 11.6. The first-order valence-electron chi connectivity index (χ1n) is 6.15. The van der Waals surface area contributed by atoms with E-state index < -0.39 is 0 Å². The third kappa shape index (κ3) is 8.38. The highest BCUT2D eigenvalue weighted by Crippen LogP contribution is 1.99. The van der Waals surface area contributed by atoms with Crippen LogP contribution in [0.5, 0.6) is 0 Å². The van der Waals surface area contributed by atoms with E-state index in [1.165, 1.54) is 11.1 Å². The maximum Gasteiger partial charge on any atom is 0.0227 e. The first-order valence-corrected chi connectivity index (χ1v) is 6.15. The topological polar surface area (TPSA) is 29.3 Å². The SMILES string of the molecule is CN(C)Cc1ccccc1.Cl.NCc1ccccc1. The summed E-state index contributed by atoms with van der Waals surface area (Å²) in [6, 6.07) is 20.4. The van der Waals surface area contributed by atoms with Crippen molar-refractivity contribution in [3.63, 3.8) is 0 Å². The Kier molecular flexibility index (Phi) is 9.81. The molecule has 0 saturated carbocycles. The molecule has 0 aliphatic carbocycles. The third-order valence-electron chi connectivity index (χ3n) is 2.42. The molecule has 0 bridgehead atoms. The monoisotopic (exact) mass is 278 g/mol. The van der Waals surface area contributed by atoms with Gasteiger partial charge in [-0.25, -0.2) is 0 Å². The van der Waals surface area contributed by atoms with Gasteiger partial charge in [0.25, 0.3) is 0 Å². The van der Waals surface area contributed by atoms with Gasteiger partial charge in [-0.15, -0.1) is 12.4 Å². The highest BCUT2D eigenvalue weighted by molar-refractivity contribution is 5.85. The second-order valence-electron chi connectivity index (χ2n) is 4.41. The van der Waals surface area contributed by atoms with Crippen LogP contribution in [0.25, 0.3) is 0 Å². The number of nitrogens with zero attached hydrogens (tertiary/aromatic N) is 1. The second kappa shape index (κ2) is 10.6. The van der Waals surface area contributed by atoms with E-state index in [4.69, 9.17) is 5.73 Å².